The molecule has 1 aromatic heterocycles. The Kier molecular flexibility index (Phi) is 4.06. The fourth-order valence-corrected chi connectivity index (χ4v) is 3.72. The zero-order valence-electron chi connectivity index (χ0n) is 10.9. The Bertz CT molecular complexity index is 441. The van der Waals surface area contributed by atoms with Crippen LogP contribution in [0.3, 0.4) is 0 Å². The second kappa shape index (κ2) is 5.25. The first-order valence-corrected chi connectivity index (χ1v) is 8.04. The SMILES string of the molecule is CC(C)(C)c1nnsc1C(=O)N1CCCC1CBr. The minimum Gasteiger partial charge on any atom is -0.334 e. The Morgan fingerprint density at radius 1 is 1.56 bits per heavy atom. The fraction of sp³-hybridized carbons (Fsp3) is 0.750. The highest BCUT2D eigenvalue weighted by Crippen LogP contribution is 2.29. The lowest BCUT2D eigenvalue weighted by molar-refractivity contribution is 0.0752. The number of nitrogens with zero attached hydrogens (tertiary/aromatic N) is 3. The third-order valence-corrected chi connectivity index (χ3v) is 4.67. The van der Waals surface area contributed by atoms with Crippen LogP contribution in [-0.4, -0.2) is 38.3 Å². The van der Waals surface area contributed by atoms with Gasteiger partial charge >= 0.3 is 0 Å². The van der Waals surface area contributed by atoms with Crippen LogP contribution in [0.2, 0.25) is 0 Å². The molecule has 0 spiro atoms. The molecule has 4 nitrogen and oxygen atoms in total. The molecule has 1 amide bonds. The Labute approximate surface area is 120 Å². The number of halogens is 1. The maximum Gasteiger partial charge on any atom is 0.267 e. The Morgan fingerprint density at radius 3 is 2.89 bits per heavy atom. The molecular formula is C12H18BrN3OS. The van der Waals surface area contributed by atoms with E-state index in [-0.39, 0.29) is 11.3 Å². The van der Waals surface area contributed by atoms with E-state index in [0.717, 1.165) is 30.4 Å². The molecule has 1 fully saturated rings. The summed E-state index contributed by atoms with van der Waals surface area (Å²) in [4.78, 5) is 15.2. The van der Waals surface area contributed by atoms with Crippen molar-refractivity contribution < 1.29 is 4.79 Å². The van der Waals surface area contributed by atoms with Crippen molar-refractivity contribution in [3.05, 3.63) is 10.6 Å². The van der Waals surface area contributed by atoms with Crippen molar-refractivity contribution in [3.63, 3.8) is 0 Å². The molecule has 1 aliphatic heterocycles. The summed E-state index contributed by atoms with van der Waals surface area (Å²) in [6.07, 6.45) is 2.16. The molecule has 0 aliphatic carbocycles. The van der Waals surface area contributed by atoms with Crippen LogP contribution in [0.5, 0.6) is 0 Å². The molecule has 1 saturated heterocycles. The highest BCUT2D eigenvalue weighted by Gasteiger charge is 2.33. The molecule has 1 aromatic rings. The highest BCUT2D eigenvalue weighted by atomic mass is 79.9. The molecule has 0 radical (unpaired) electrons. The Hall–Kier alpha value is -0.490. The van der Waals surface area contributed by atoms with Gasteiger partial charge in [-0.3, -0.25) is 4.79 Å². The van der Waals surface area contributed by atoms with Gasteiger partial charge in [0.1, 0.15) is 4.88 Å². The van der Waals surface area contributed by atoms with Gasteiger partial charge in [0.2, 0.25) is 0 Å². The molecule has 100 valence electrons. The van der Waals surface area contributed by atoms with Crippen LogP contribution in [0.15, 0.2) is 0 Å². The molecule has 2 rings (SSSR count). The van der Waals surface area contributed by atoms with Crippen LogP contribution in [0.1, 0.15) is 49.0 Å². The molecule has 0 aromatic carbocycles. The summed E-state index contributed by atoms with van der Waals surface area (Å²) in [6.45, 7) is 7.03. The second-order valence-electron chi connectivity index (χ2n) is 5.65. The summed E-state index contributed by atoms with van der Waals surface area (Å²) in [5.74, 6) is 0.0943. The van der Waals surface area contributed by atoms with Crippen LogP contribution in [0, 0.1) is 0 Å². The smallest absolute Gasteiger partial charge is 0.267 e. The van der Waals surface area contributed by atoms with E-state index in [0.29, 0.717) is 10.9 Å². The summed E-state index contributed by atoms with van der Waals surface area (Å²) >= 11 is 4.70. The number of carbonyl (C=O) groups is 1. The van der Waals surface area contributed by atoms with E-state index < -0.39 is 0 Å². The fourth-order valence-electron chi connectivity index (χ4n) is 2.22. The van der Waals surface area contributed by atoms with E-state index in [1.54, 1.807) is 0 Å². The van der Waals surface area contributed by atoms with Gasteiger partial charge in [0.05, 0.1) is 5.69 Å². The van der Waals surface area contributed by atoms with E-state index in [1.807, 2.05) is 4.90 Å². The third kappa shape index (κ3) is 2.59. The van der Waals surface area contributed by atoms with Gasteiger partial charge in [0, 0.05) is 23.3 Å². The molecule has 0 bridgehead atoms. The first-order valence-electron chi connectivity index (χ1n) is 6.15. The van der Waals surface area contributed by atoms with Gasteiger partial charge in [-0.1, -0.05) is 41.2 Å². The maximum absolute atomic E-state index is 12.6. The van der Waals surface area contributed by atoms with Gasteiger partial charge in [0.25, 0.3) is 5.91 Å². The van der Waals surface area contributed by atoms with Crippen LogP contribution in [0.4, 0.5) is 0 Å². The van der Waals surface area contributed by atoms with Crippen molar-refractivity contribution in [2.75, 3.05) is 11.9 Å². The quantitative estimate of drug-likeness (QED) is 0.783. The topological polar surface area (TPSA) is 46.1 Å². The van der Waals surface area contributed by atoms with E-state index in [9.17, 15) is 4.79 Å². The van der Waals surface area contributed by atoms with Gasteiger partial charge in [-0.25, -0.2) is 0 Å². The van der Waals surface area contributed by atoms with Crippen LogP contribution in [0.25, 0.3) is 0 Å². The Morgan fingerprint density at radius 2 is 2.28 bits per heavy atom. The van der Waals surface area contributed by atoms with Crippen LogP contribution in [-0.2, 0) is 5.41 Å². The van der Waals surface area contributed by atoms with E-state index in [2.05, 4.69) is 46.3 Å². The summed E-state index contributed by atoms with van der Waals surface area (Å²) in [7, 11) is 0. The van der Waals surface area contributed by atoms with Crippen molar-refractivity contribution in [2.45, 2.75) is 45.1 Å². The zero-order chi connectivity index (χ0) is 13.3. The summed E-state index contributed by atoms with van der Waals surface area (Å²) in [5.41, 5.74) is 0.680. The Balaban J connectivity index is 2.27. The molecule has 18 heavy (non-hydrogen) atoms. The average Bonchev–Trinajstić information content (AvgIpc) is 2.95. The van der Waals surface area contributed by atoms with Crippen molar-refractivity contribution in [1.82, 2.24) is 14.5 Å². The number of rotatable bonds is 2. The van der Waals surface area contributed by atoms with Crippen LogP contribution >= 0.6 is 27.5 Å². The van der Waals surface area contributed by atoms with E-state index in [4.69, 9.17) is 0 Å². The number of carbonyl (C=O) groups excluding carboxylic acids is 1. The number of aromatic nitrogens is 2. The standard InChI is InChI=1S/C12H18BrN3OS/c1-12(2,3)10-9(18-15-14-10)11(17)16-6-4-5-8(16)7-13/h8H,4-7H2,1-3H3. The van der Waals surface area contributed by atoms with Gasteiger partial charge < -0.3 is 4.90 Å². The normalized spacial score (nSPS) is 20.4. The minimum absolute atomic E-state index is 0.0943. The largest absolute Gasteiger partial charge is 0.334 e. The molecule has 2 heterocycles. The van der Waals surface area contributed by atoms with E-state index in [1.165, 1.54) is 11.5 Å². The van der Waals surface area contributed by atoms with Crippen molar-refractivity contribution in [3.8, 4) is 0 Å². The molecular weight excluding hydrogens is 314 g/mol. The molecule has 1 unspecified atom stereocenters. The minimum atomic E-state index is -0.137. The second-order valence-corrected chi connectivity index (χ2v) is 7.05. The highest BCUT2D eigenvalue weighted by molar-refractivity contribution is 9.09. The summed E-state index contributed by atoms with van der Waals surface area (Å²) < 4.78 is 3.96. The molecule has 1 aliphatic rings. The van der Waals surface area contributed by atoms with Gasteiger partial charge in [-0.15, -0.1) is 5.10 Å². The van der Waals surface area contributed by atoms with Crippen molar-refractivity contribution in [2.24, 2.45) is 0 Å². The van der Waals surface area contributed by atoms with Crippen molar-refractivity contribution in [1.29, 1.82) is 0 Å². The molecule has 0 saturated carbocycles. The number of likely N-dealkylation sites (tertiary alicyclic amines) is 1. The lowest BCUT2D eigenvalue weighted by Crippen LogP contribution is -2.37. The first-order chi connectivity index (χ1) is 8.45. The predicted octanol–water partition coefficient (Wildman–Crippen LogP) is 2.84. The average molecular weight is 332 g/mol. The molecule has 1 atom stereocenters. The lowest BCUT2D eigenvalue weighted by atomic mass is 9.91. The monoisotopic (exact) mass is 331 g/mol. The molecule has 0 N–H and O–H groups in total. The summed E-state index contributed by atoms with van der Waals surface area (Å²) in [5, 5.41) is 4.98. The van der Waals surface area contributed by atoms with Gasteiger partial charge in [-0.05, 0) is 24.4 Å². The first kappa shape index (κ1) is 13.9. The maximum atomic E-state index is 12.6. The molecule has 6 heteroatoms. The number of alkyl halides is 1. The van der Waals surface area contributed by atoms with Crippen LogP contribution < -0.4 is 0 Å². The summed E-state index contributed by atoms with van der Waals surface area (Å²) in [6, 6.07) is 0.312. The van der Waals surface area contributed by atoms with Gasteiger partial charge in [-0.2, -0.15) is 0 Å². The number of hydrogen-bond donors (Lipinski definition) is 0. The van der Waals surface area contributed by atoms with Crippen molar-refractivity contribution >= 4 is 33.4 Å². The number of hydrogen-bond acceptors (Lipinski definition) is 4. The number of amides is 1. The zero-order valence-corrected chi connectivity index (χ0v) is 13.3. The lowest BCUT2D eigenvalue weighted by Gasteiger charge is -2.24. The van der Waals surface area contributed by atoms with E-state index >= 15 is 0 Å². The third-order valence-electron chi connectivity index (χ3n) is 3.21. The predicted molar refractivity (Wildman–Crippen MR) is 76.5 cm³/mol. The van der Waals surface area contributed by atoms with Gasteiger partial charge in [0.15, 0.2) is 0 Å².